The summed E-state index contributed by atoms with van der Waals surface area (Å²) in [4.78, 5) is 36.1. The van der Waals surface area contributed by atoms with Crippen LogP contribution in [0.5, 0.6) is 0 Å². The second-order valence-corrected chi connectivity index (χ2v) is 10.2. The quantitative estimate of drug-likeness (QED) is 0.305. The highest BCUT2D eigenvalue weighted by molar-refractivity contribution is 7.17. The third-order valence-corrected chi connectivity index (χ3v) is 7.92. The summed E-state index contributed by atoms with van der Waals surface area (Å²) in [5, 5.41) is 13.1. The van der Waals surface area contributed by atoms with Crippen LogP contribution in [-0.4, -0.2) is 28.5 Å². The average molecular weight is 531 g/mol. The molecule has 1 aliphatic carbocycles. The second-order valence-electron chi connectivity index (χ2n) is 8.72. The number of ether oxygens (including phenoxy) is 1. The molecule has 0 spiro atoms. The first-order valence-electron chi connectivity index (χ1n) is 12.0. The average Bonchev–Trinajstić information content (AvgIpc) is 3.27. The number of anilines is 1. The molecule has 2 atom stereocenters. The lowest BCUT2D eigenvalue weighted by molar-refractivity contribution is -0.116. The molecule has 4 aromatic rings. The molecule has 7 nitrogen and oxygen atoms in total. The van der Waals surface area contributed by atoms with Crippen molar-refractivity contribution in [2.24, 2.45) is 0 Å². The predicted molar refractivity (Wildman–Crippen MR) is 143 cm³/mol. The fourth-order valence-electron chi connectivity index (χ4n) is 4.71. The maximum absolute atomic E-state index is 13.4. The van der Waals surface area contributed by atoms with Crippen LogP contribution in [0.15, 0.2) is 54.6 Å². The van der Waals surface area contributed by atoms with Gasteiger partial charge in [-0.3, -0.25) is 4.79 Å². The third-order valence-electron chi connectivity index (χ3n) is 6.47. The van der Waals surface area contributed by atoms with Gasteiger partial charge in [0.25, 0.3) is 0 Å². The van der Waals surface area contributed by atoms with Crippen molar-refractivity contribution in [1.29, 1.82) is 5.26 Å². The number of rotatable bonds is 6. The fourth-order valence-corrected chi connectivity index (χ4v) is 6.27. The largest absolute Gasteiger partial charge is 0.462 e. The number of hydrogen-bond donors (Lipinski definition) is 1. The number of fused-ring (bicyclic) bond motifs is 2. The molecule has 0 bridgehead atoms. The van der Waals surface area contributed by atoms with Crippen molar-refractivity contribution >= 4 is 50.8 Å². The normalized spacial score (nSPS) is 15.4. The summed E-state index contributed by atoms with van der Waals surface area (Å²) in [7, 11) is 0. The molecule has 37 heavy (non-hydrogen) atoms. The first kappa shape index (κ1) is 24.9. The minimum absolute atomic E-state index is 0.0119. The molecule has 1 N–H and O–H groups in total. The SMILES string of the molecule is CCOC(=O)c1c(NC(=O)[C@H](C#N)c2nc3ccccc3nc2Cl)sc2c1CC[C@H](c1ccccc1)C2. The number of para-hydroxylation sites is 2. The number of halogens is 1. The van der Waals surface area contributed by atoms with E-state index in [9.17, 15) is 14.9 Å². The van der Waals surface area contributed by atoms with E-state index in [2.05, 4.69) is 27.4 Å². The van der Waals surface area contributed by atoms with Gasteiger partial charge in [0.05, 0.1) is 29.3 Å². The molecule has 0 radical (unpaired) electrons. The van der Waals surface area contributed by atoms with Gasteiger partial charge in [-0.2, -0.15) is 5.26 Å². The maximum atomic E-state index is 13.4. The number of carbonyl (C=O) groups excluding carboxylic acids is 2. The number of nitrogens with one attached hydrogen (secondary N) is 1. The van der Waals surface area contributed by atoms with Crippen molar-refractivity contribution in [2.75, 3.05) is 11.9 Å². The van der Waals surface area contributed by atoms with E-state index in [-0.39, 0.29) is 17.5 Å². The van der Waals surface area contributed by atoms with Gasteiger partial charge in [0, 0.05) is 4.88 Å². The summed E-state index contributed by atoms with van der Waals surface area (Å²) in [6.45, 7) is 1.96. The van der Waals surface area contributed by atoms with Crippen LogP contribution < -0.4 is 5.32 Å². The molecule has 0 aliphatic heterocycles. The molecule has 1 aliphatic rings. The van der Waals surface area contributed by atoms with Gasteiger partial charge in [0.1, 0.15) is 10.7 Å². The van der Waals surface area contributed by atoms with Crippen LogP contribution in [0.2, 0.25) is 5.15 Å². The molecule has 2 aromatic carbocycles. The van der Waals surface area contributed by atoms with E-state index in [4.69, 9.17) is 16.3 Å². The minimum atomic E-state index is -1.31. The number of nitriles is 1. The van der Waals surface area contributed by atoms with Gasteiger partial charge in [0.15, 0.2) is 11.1 Å². The summed E-state index contributed by atoms with van der Waals surface area (Å²) in [5.41, 5.74) is 3.69. The number of carbonyl (C=O) groups is 2. The van der Waals surface area contributed by atoms with Gasteiger partial charge in [0.2, 0.25) is 5.91 Å². The number of amides is 1. The first-order chi connectivity index (χ1) is 18.0. The summed E-state index contributed by atoms with van der Waals surface area (Å²) in [6, 6.07) is 19.4. The number of nitrogens with zero attached hydrogens (tertiary/aromatic N) is 3. The molecule has 0 fully saturated rings. The Morgan fingerprint density at radius 1 is 1.16 bits per heavy atom. The van der Waals surface area contributed by atoms with Gasteiger partial charge in [-0.25, -0.2) is 14.8 Å². The smallest absolute Gasteiger partial charge is 0.341 e. The van der Waals surface area contributed by atoms with Crippen molar-refractivity contribution in [3.05, 3.63) is 87.0 Å². The third kappa shape index (κ3) is 4.93. The van der Waals surface area contributed by atoms with E-state index >= 15 is 0 Å². The van der Waals surface area contributed by atoms with Crippen LogP contribution in [0.25, 0.3) is 11.0 Å². The van der Waals surface area contributed by atoms with Gasteiger partial charge in [-0.15, -0.1) is 11.3 Å². The molecule has 1 amide bonds. The molecule has 0 saturated carbocycles. The zero-order valence-electron chi connectivity index (χ0n) is 20.0. The molecule has 2 aromatic heterocycles. The van der Waals surface area contributed by atoms with Crippen molar-refractivity contribution in [2.45, 2.75) is 38.0 Å². The van der Waals surface area contributed by atoms with E-state index in [0.29, 0.717) is 33.9 Å². The van der Waals surface area contributed by atoms with E-state index in [1.165, 1.54) is 16.9 Å². The highest BCUT2D eigenvalue weighted by atomic mass is 35.5. The Kier molecular flexibility index (Phi) is 7.17. The summed E-state index contributed by atoms with van der Waals surface area (Å²) < 4.78 is 5.33. The van der Waals surface area contributed by atoms with E-state index in [0.717, 1.165) is 23.3 Å². The molecule has 5 rings (SSSR count). The lowest BCUT2D eigenvalue weighted by Gasteiger charge is -2.23. The second kappa shape index (κ2) is 10.7. The number of thiophene rings is 1. The van der Waals surface area contributed by atoms with E-state index < -0.39 is 17.8 Å². The molecule has 186 valence electrons. The molecule has 0 unspecified atom stereocenters. The topological polar surface area (TPSA) is 105 Å². The number of hydrogen-bond acceptors (Lipinski definition) is 7. The number of aromatic nitrogens is 2. The Bertz CT molecular complexity index is 1530. The van der Waals surface area contributed by atoms with Crippen LogP contribution in [0, 0.1) is 11.3 Å². The van der Waals surface area contributed by atoms with E-state index in [1.54, 1.807) is 31.2 Å². The lowest BCUT2D eigenvalue weighted by Crippen LogP contribution is -2.22. The number of esters is 1. The molecular weight excluding hydrogens is 508 g/mol. The summed E-state index contributed by atoms with van der Waals surface area (Å²) in [5.74, 6) is -2.09. The van der Waals surface area contributed by atoms with Crippen molar-refractivity contribution in [1.82, 2.24) is 9.97 Å². The molecule has 2 heterocycles. The monoisotopic (exact) mass is 530 g/mol. The molecule has 9 heteroatoms. The predicted octanol–water partition coefficient (Wildman–Crippen LogP) is 6.04. The van der Waals surface area contributed by atoms with Gasteiger partial charge in [-0.1, -0.05) is 54.1 Å². The zero-order chi connectivity index (χ0) is 25.9. The van der Waals surface area contributed by atoms with Crippen LogP contribution in [-0.2, 0) is 22.4 Å². The van der Waals surface area contributed by atoms with Crippen molar-refractivity contribution in [3.8, 4) is 6.07 Å². The van der Waals surface area contributed by atoms with Crippen LogP contribution in [0.4, 0.5) is 5.00 Å². The molecule has 0 saturated heterocycles. The first-order valence-corrected chi connectivity index (χ1v) is 13.2. The summed E-state index contributed by atoms with van der Waals surface area (Å²) in [6.07, 6.45) is 2.34. The van der Waals surface area contributed by atoms with Crippen LogP contribution >= 0.6 is 22.9 Å². The summed E-state index contributed by atoms with van der Waals surface area (Å²) >= 11 is 7.69. The Hall–Kier alpha value is -3.80. The van der Waals surface area contributed by atoms with Crippen LogP contribution in [0.3, 0.4) is 0 Å². The fraction of sp³-hybridized carbons (Fsp3) is 0.250. The van der Waals surface area contributed by atoms with Crippen molar-refractivity contribution < 1.29 is 14.3 Å². The standard InChI is InChI=1S/C28H23ClN4O3S/c1-2-36-28(35)23-18-13-12-17(16-8-4-3-5-9-16)14-22(18)37-27(23)33-26(34)19(15-30)24-25(29)32-21-11-7-6-10-20(21)31-24/h3-11,17,19H,2,12-14H2,1H3,(H,33,34)/t17-,19+/m0/s1. The van der Waals surface area contributed by atoms with Gasteiger partial charge >= 0.3 is 5.97 Å². The number of benzene rings is 2. The lowest BCUT2D eigenvalue weighted by atomic mass is 9.83. The van der Waals surface area contributed by atoms with Crippen LogP contribution in [0.1, 0.15) is 57.2 Å². The Balaban J connectivity index is 1.47. The molecular formula is C28H23ClN4O3S. The van der Waals surface area contributed by atoms with E-state index in [1.807, 2.05) is 24.3 Å². The van der Waals surface area contributed by atoms with Gasteiger partial charge < -0.3 is 10.1 Å². The Morgan fingerprint density at radius 3 is 2.57 bits per heavy atom. The van der Waals surface area contributed by atoms with Crippen molar-refractivity contribution in [3.63, 3.8) is 0 Å². The maximum Gasteiger partial charge on any atom is 0.341 e. The van der Waals surface area contributed by atoms with Gasteiger partial charge in [-0.05, 0) is 55.4 Å². The minimum Gasteiger partial charge on any atom is -0.462 e. The highest BCUT2D eigenvalue weighted by Gasteiger charge is 2.33. The zero-order valence-corrected chi connectivity index (χ0v) is 21.6. The Morgan fingerprint density at radius 2 is 1.86 bits per heavy atom. The Labute approximate surface area is 223 Å². The highest BCUT2D eigenvalue weighted by Crippen LogP contribution is 2.43.